The molecule has 1 aliphatic heterocycles. The SMILES string of the molecule is Cc1nn(-c2ccccc2Cl)c2sc(C(=O)N3CCNC[C@@H]3C)cc12. The zero-order valence-electron chi connectivity index (χ0n) is 14.1. The van der Waals surface area contributed by atoms with Gasteiger partial charge in [0.05, 0.1) is 21.3 Å². The third kappa shape index (κ3) is 2.84. The maximum atomic E-state index is 13.0. The molecule has 0 unspecified atom stereocenters. The molecule has 2 aromatic heterocycles. The summed E-state index contributed by atoms with van der Waals surface area (Å²) in [6.45, 7) is 6.46. The quantitative estimate of drug-likeness (QED) is 0.747. The number of carbonyl (C=O) groups excluding carboxylic acids is 1. The highest BCUT2D eigenvalue weighted by molar-refractivity contribution is 7.20. The van der Waals surface area contributed by atoms with Crippen molar-refractivity contribution >= 4 is 39.1 Å². The molecular formula is C18H19ClN4OS. The van der Waals surface area contributed by atoms with Gasteiger partial charge < -0.3 is 10.2 Å². The second-order valence-corrected chi connectivity index (χ2v) is 7.77. The molecule has 1 atom stereocenters. The van der Waals surface area contributed by atoms with E-state index in [-0.39, 0.29) is 11.9 Å². The summed E-state index contributed by atoms with van der Waals surface area (Å²) in [5, 5.41) is 9.59. The van der Waals surface area contributed by atoms with Crippen molar-refractivity contribution in [3.8, 4) is 5.69 Å². The van der Waals surface area contributed by atoms with E-state index in [1.165, 1.54) is 11.3 Å². The van der Waals surface area contributed by atoms with Gasteiger partial charge >= 0.3 is 0 Å². The normalized spacial score (nSPS) is 18.0. The average molecular weight is 375 g/mol. The lowest BCUT2D eigenvalue weighted by atomic mass is 10.2. The first-order valence-corrected chi connectivity index (χ1v) is 9.51. The van der Waals surface area contributed by atoms with Crippen LogP contribution in [-0.2, 0) is 0 Å². The Morgan fingerprint density at radius 1 is 1.40 bits per heavy atom. The number of piperazine rings is 1. The summed E-state index contributed by atoms with van der Waals surface area (Å²) in [5.41, 5.74) is 1.73. The van der Waals surface area contributed by atoms with Crippen molar-refractivity contribution in [1.29, 1.82) is 0 Å². The number of nitrogens with one attached hydrogen (secondary N) is 1. The van der Waals surface area contributed by atoms with Crippen LogP contribution in [0.4, 0.5) is 0 Å². The van der Waals surface area contributed by atoms with E-state index in [4.69, 9.17) is 11.6 Å². The highest BCUT2D eigenvalue weighted by Crippen LogP contribution is 2.33. The lowest BCUT2D eigenvalue weighted by Crippen LogP contribution is -2.52. The van der Waals surface area contributed by atoms with E-state index < -0.39 is 0 Å². The summed E-state index contributed by atoms with van der Waals surface area (Å²) in [4.78, 5) is 16.6. The van der Waals surface area contributed by atoms with Crippen LogP contribution in [0.5, 0.6) is 0 Å². The predicted octanol–water partition coefficient (Wildman–Crippen LogP) is 3.48. The van der Waals surface area contributed by atoms with Crippen LogP contribution in [0, 0.1) is 6.92 Å². The zero-order valence-corrected chi connectivity index (χ0v) is 15.7. The highest BCUT2D eigenvalue weighted by Gasteiger charge is 2.26. The number of aromatic nitrogens is 2. The first kappa shape index (κ1) is 16.6. The lowest BCUT2D eigenvalue weighted by molar-refractivity contribution is 0.0661. The third-order valence-electron chi connectivity index (χ3n) is 4.60. The minimum absolute atomic E-state index is 0.0975. The molecule has 4 rings (SSSR count). The van der Waals surface area contributed by atoms with E-state index in [1.807, 2.05) is 46.8 Å². The van der Waals surface area contributed by atoms with Gasteiger partial charge in [0.2, 0.25) is 0 Å². The monoisotopic (exact) mass is 374 g/mol. The molecule has 0 bridgehead atoms. The van der Waals surface area contributed by atoms with E-state index in [0.29, 0.717) is 5.02 Å². The third-order valence-corrected chi connectivity index (χ3v) is 6.02. The van der Waals surface area contributed by atoms with Gasteiger partial charge in [0.25, 0.3) is 5.91 Å². The molecule has 0 aliphatic carbocycles. The molecule has 1 aliphatic rings. The minimum Gasteiger partial charge on any atom is -0.333 e. The number of aryl methyl sites for hydroxylation is 1. The van der Waals surface area contributed by atoms with Gasteiger partial charge in [-0.1, -0.05) is 23.7 Å². The Morgan fingerprint density at radius 3 is 2.96 bits per heavy atom. The van der Waals surface area contributed by atoms with E-state index in [0.717, 1.165) is 46.1 Å². The molecule has 1 fully saturated rings. The number of hydrogen-bond acceptors (Lipinski definition) is 4. The van der Waals surface area contributed by atoms with Gasteiger partial charge in [0.1, 0.15) is 4.83 Å². The number of para-hydroxylation sites is 1. The van der Waals surface area contributed by atoms with E-state index in [2.05, 4.69) is 17.3 Å². The summed E-state index contributed by atoms with van der Waals surface area (Å²) in [6.07, 6.45) is 0. The number of halogens is 1. The second-order valence-electron chi connectivity index (χ2n) is 6.33. The molecule has 3 aromatic rings. The van der Waals surface area contributed by atoms with Crippen LogP contribution in [0.25, 0.3) is 15.9 Å². The van der Waals surface area contributed by atoms with Crippen LogP contribution in [0.1, 0.15) is 22.3 Å². The molecule has 1 amide bonds. The summed E-state index contributed by atoms with van der Waals surface area (Å²) in [5.74, 6) is 0.0975. The fourth-order valence-electron chi connectivity index (χ4n) is 3.22. The van der Waals surface area contributed by atoms with Crippen molar-refractivity contribution in [3.63, 3.8) is 0 Å². The van der Waals surface area contributed by atoms with Gasteiger partial charge in [0, 0.05) is 31.1 Å². The molecule has 0 spiro atoms. The number of amides is 1. The van der Waals surface area contributed by atoms with Crippen molar-refractivity contribution in [1.82, 2.24) is 20.0 Å². The number of nitrogens with zero attached hydrogens (tertiary/aromatic N) is 3. The first-order chi connectivity index (χ1) is 12.1. The number of thiophene rings is 1. The summed E-state index contributed by atoms with van der Waals surface area (Å²) >= 11 is 7.82. The molecule has 0 saturated carbocycles. The topological polar surface area (TPSA) is 50.2 Å². The van der Waals surface area contributed by atoms with Crippen LogP contribution in [0.3, 0.4) is 0 Å². The maximum Gasteiger partial charge on any atom is 0.264 e. The van der Waals surface area contributed by atoms with Gasteiger partial charge in [-0.25, -0.2) is 4.68 Å². The van der Waals surface area contributed by atoms with Crippen LogP contribution in [0.2, 0.25) is 5.02 Å². The second kappa shape index (κ2) is 6.44. The molecule has 5 nitrogen and oxygen atoms in total. The van der Waals surface area contributed by atoms with Crippen molar-refractivity contribution in [2.24, 2.45) is 0 Å². The Balaban J connectivity index is 1.77. The fraction of sp³-hybridized carbons (Fsp3) is 0.333. The molecule has 1 aromatic carbocycles. The number of carbonyl (C=O) groups is 1. The number of benzene rings is 1. The van der Waals surface area contributed by atoms with Crippen molar-refractivity contribution in [2.45, 2.75) is 19.9 Å². The zero-order chi connectivity index (χ0) is 17.6. The van der Waals surface area contributed by atoms with Crippen molar-refractivity contribution < 1.29 is 4.79 Å². The smallest absolute Gasteiger partial charge is 0.264 e. The Morgan fingerprint density at radius 2 is 2.20 bits per heavy atom. The minimum atomic E-state index is 0.0975. The Kier molecular flexibility index (Phi) is 4.27. The molecule has 0 radical (unpaired) electrons. The molecule has 7 heteroatoms. The highest BCUT2D eigenvalue weighted by atomic mass is 35.5. The van der Waals surface area contributed by atoms with Gasteiger partial charge in [-0.2, -0.15) is 5.10 Å². The Hall–Kier alpha value is -1.89. The molecule has 3 heterocycles. The van der Waals surface area contributed by atoms with Crippen LogP contribution < -0.4 is 5.32 Å². The molecule has 1 saturated heterocycles. The summed E-state index contributed by atoms with van der Waals surface area (Å²) in [6, 6.07) is 9.79. The lowest BCUT2D eigenvalue weighted by Gasteiger charge is -2.33. The van der Waals surface area contributed by atoms with Gasteiger partial charge in [-0.15, -0.1) is 11.3 Å². The molecular weight excluding hydrogens is 356 g/mol. The fourth-order valence-corrected chi connectivity index (χ4v) is 4.57. The predicted molar refractivity (Wildman–Crippen MR) is 102 cm³/mol. The van der Waals surface area contributed by atoms with Gasteiger partial charge in [-0.05, 0) is 32.0 Å². The average Bonchev–Trinajstić information content (AvgIpc) is 3.16. The molecule has 130 valence electrons. The van der Waals surface area contributed by atoms with Crippen molar-refractivity contribution in [2.75, 3.05) is 19.6 Å². The Bertz CT molecular complexity index is 948. The number of rotatable bonds is 2. The standard InChI is InChI=1S/C18H19ClN4OS/c1-11-10-20-7-8-22(11)17(24)16-9-13-12(2)21-23(18(13)25-16)15-6-4-3-5-14(15)19/h3-6,9,11,20H,7-8,10H2,1-2H3/t11-/m0/s1. The molecule has 25 heavy (non-hydrogen) atoms. The van der Waals surface area contributed by atoms with E-state index >= 15 is 0 Å². The summed E-state index contributed by atoms with van der Waals surface area (Å²) < 4.78 is 1.84. The van der Waals surface area contributed by atoms with Crippen molar-refractivity contribution in [3.05, 3.63) is 45.9 Å². The number of fused-ring (bicyclic) bond motifs is 1. The summed E-state index contributed by atoms with van der Waals surface area (Å²) in [7, 11) is 0. The number of hydrogen-bond donors (Lipinski definition) is 1. The molecule has 1 N–H and O–H groups in total. The first-order valence-electron chi connectivity index (χ1n) is 8.32. The van der Waals surface area contributed by atoms with Crippen LogP contribution in [-0.4, -0.2) is 46.3 Å². The van der Waals surface area contributed by atoms with E-state index in [1.54, 1.807) is 0 Å². The maximum absolute atomic E-state index is 13.0. The van der Waals surface area contributed by atoms with Crippen LogP contribution in [0.15, 0.2) is 30.3 Å². The largest absolute Gasteiger partial charge is 0.333 e. The van der Waals surface area contributed by atoms with Crippen LogP contribution >= 0.6 is 22.9 Å². The van der Waals surface area contributed by atoms with E-state index in [9.17, 15) is 4.79 Å². The Labute approximate surface area is 155 Å². The van der Waals surface area contributed by atoms with Gasteiger partial charge in [-0.3, -0.25) is 4.79 Å². The van der Waals surface area contributed by atoms with Gasteiger partial charge in [0.15, 0.2) is 0 Å².